The molecule has 3 aromatic carbocycles. The fourth-order valence-corrected chi connectivity index (χ4v) is 3.44. The fourth-order valence-electron chi connectivity index (χ4n) is 3.44. The summed E-state index contributed by atoms with van der Waals surface area (Å²) < 4.78 is 2.16. The minimum atomic E-state index is -0.311. The molecular weight excluding hydrogens is 344 g/mol. The van der Waals surface area contributed by atoms with Gasteiger partial charge in [-0.25, -0.2) is 0 Å². The minimum Gasteiger partial charge on any atom is -0.370 e. The highest BCUT2D eigenvalue weighted by Gasteiger charge is 2.17. The second-order valence-corrected chi connectivity index (χ2v) is 6.59. The van der Waals surface area contributed by atoms with Gasteiger partial charge in [0.25, 0.3) is 0 Å². The summed E-state index contributed by atoms with van der Waals surface area (Å²) in [4.78, 5) is 11.5. The molecule has 4 rings (SSSR count). The lowest BCUT2D eigenvalue weighted by Crippen LogP contribution is -2.14. The number of nitrogens with two attached hydrogens (primary N) is 1. The number of hydrogen-bond acceptors (Lipinski definition) is 1. The lowest BCUT2D eigenvalue weighted by Gasteiger charge is -2.10. The number of fused-ring (bicyclic) bond motifs is 1. The molecule has 4 aromatic rings. The minimum absolute atomic E-state index is 0.282. The van der Waals surface area contributed by atoms with Gasteiger partial charge in [0.1, 0.15) is 0 Å². The number of carbonyl (C=O) groups is 1. The highest BCUT2D eigenvalue weighted by atomic mass is 16.1. The van der Waals surface area contributed by atoms with Gasteiger partial charge in [0.2, 0.25) is 5.91 Å². The Balaban J connectivity index is 1.97. The van der Waals surface area contributed by atoms with Crippen molar-refractivity contribution in [1.82, 2.24) is 4.57 Å². The third kappa shape index (κ3) is 3.54. The number of benzene rings is 3. The van der Waals surface area contributed by atoms with Crippen molar-refractivity contribution in [3.05, 3.63) is 96.1 Å². The number of rotatable bonds is 4. The van der Waals surface area contributed by atoms with Crippen LogP contribution in [0.2, 0.25) is 0 Å². The maximum absolute atomic E-state index is 11.5. The summed E-state index contributed by atoms with van der Waals surface area (Å²) in [6.07, 6.45) is 0.282. The molecule has 3 nitrogen and oxygen atoms in total. The summed E-state index contributed by atoms with van der Waals surface area (Å²) in [6, 6.07) is 28.3. The summed E-state index contributed by atoms with van der Waals surface area (Å²) in [6.45, 7) is 0.521. The first kappa shape index (κ1) is 17.6. The number of amides is 1. The monoisotopic (exact) mass is 364 g/mol. The van der Waals surface area contributed by atoms with Crippen LogP contribution < -0.4 is 5.73 Å². The van der Waals surface area contributed by atoms with E-state index >= 15 is 0 Å². The topological polar surface area (TPSA) is 48.0 Å². The zero-order valence-electron chi connectivity index (χ0n) is 15.4. The van der Waals surface area contributed by atoms with Crippen molar-refractivity contribution in [2.45, 2.75) is 13.0 Å². The van der Waals surface area contributed by atoms with Crippen molar-refractivity contribution in [3.8, 4) is 23.1 Å². The van der Waals surface area contributed by atoms with E-state index in [1.807, 2.05) is 60.7 Å². The predicted molar refractivity (Wildman–Crippen MR) is 114 cm³/mol. The van der Waals surface area contributed by atoms with Crippen LogP contribution in [-0.2, 0) is 11.3 Å². The van der Waals surface area contributed by atoms with Crippen molar-refractivity contribution in [1.29, 1.82) is 0 Å². The lowest BCUT2D eigenvalue weighted by atomic mass is 10.0. The van der Waals surface area contributed by atoms with Gasteiger partial charge in [0, 0.05) is 29.4 Å². The molecule has 1 amide bonds. The predicted octanol–water partition coefficient (Wildman–Crippen LogP) is 4.58. The average Bonchev–Trinajstić information content (AvgIpc) is 3.05. The van der Waals surface area contributed by atoms with Crippen LogP contribution in [0.5, 0.6) is 0 Å². The van der Waals surface area contributed by atoms with Crippen LogP contribution in [0.15, 0.2) is 84.9 Å². The molecule has 0 radical (unpaired) electrons. The molecule has 2 N–H and O–H groups in total. The number of nitrogens with zero attached hydrogens (tertiary/aromatic N) is 1. The standard InChI is InChI=1S/C25H20N2O/c26-24(28)17-18-27-23-14-8-7-13-21(23)22(16-15-19-9-3-1-4-10-19)25(27)20-11-5-2-6-12-20/h1-14H,17-18H2,(H2,26,28). The largest absolute Gasteiger partial charge is 0.370 e. The summed E-state index contributed by atoms with van der Waals surface area (Å²) in [7, 11) is 0. The van der Waals surface area contributed by atoms with Gasteiger partial charge < -0.3 is 10.3 Å². The van der Waals surface area contributed by atoms with Crippen molar-refractivity contribution in [2.75, 3.05) is 0 Å². The Morgan fingerprint density at radius 3 is 2.18 bits per heavy atom. The van der Waals surface area contributed by atoms with Crippen molar-refractivity contribution >= 4 is 16.8 Å². The first-order chi connectivity index (χ1) is 13.7. The Hall–Kier alpha value is -3.77. The Bertz CT molecular complexity index is 1180. The van der Waals surface area contributed by atoms with Crippen LogP contribution in [0.4, 0.5) is 0 Å². The highest BCUT2D eigenvalue weighted by Crippen LogP contribution is 2.33. The SMILES string of the molecule is NC(=O)CCn1c(-c2ccccc2)c(C#Cc2ccccc2)c2ccccc21. The molecule has 3 heteroatoms. The molecule has 0 spiro atoms. The van der Waals surface area contributed by atoms with Gasteiger partial charge in [0.15, 0.2) is 0 Å². The van der Waals surface area contributed by atoms with Crippen molar-refractivity contribution < 1.29 is 4.79 Å². The van der Waals surface area contributed by atoms with Gasteiger partial charge in [0.05, 0.1) is 11.3 Å². The lowest BCUT2D eigenvalue weighted by molar-refractivity contribution is -0.118. The van der Waals surface area contributed by atoms with Crippen LogP contribution in [0.25, 0.3) is 22.2 Å². The number of aryl methyl sites for hydroxylation is 1. The van der Waals surface area contributed by atoms with Crippen LogP contribution in [0.1, 0.15) is 17.5 Å². The van der Waals surface area contributed by atoms with E-state index in [1.165, 1.54) is 0 Å². The molecule has 28 heavy (non-hydrogen) atoms. The summed E-state index contributed by atoms with van der Waals surface area (Å²) in [5.74, 6) is 6.37. The zero-order valence-corrected chi connectivity index (χ0v) is 15.4. The normalized spacial score (nSPS) is 10.4. The molecule has 0 saturated carbocycles. The van der Waals surface area contributed by atoms with E-state index in [4.69, 9.17) is 5.73 Å². The molecular formula is C25H20N2O. The second kappa shape index (κ2) is 7.85. The number of hydrogen-bond donors (Lipinski definition) is 1. The van der Waals surface area contributed by atoms with Gasteiger partial charge in [-0.3, -0.25) is 4.79 Å². The molecule has 0 fully saturated rings. The molecule has 0 aliphatic heterocycles. The molecule has 0 aliphatic carbocycles. The first-order valence-corrected chi connectivity index (χ1v) is 9.26. The number of para-hydroxylation sites is 1. The van der Waals surface area contributed by atoms with E-state index in [2.05, 4.69) is 40.7 Å². The van der Waals surface area contributed by atoms with Gasteiger partial charge in [-0.15, -0.1) is 0 Å². The quantitative estimate of drug-likeness (QED) is 0.529. The summed E-state index contributed by atoms with van der Waals surface area (Å²) in [5.41, 5.74) is 10.5. The number of carbonyl (C=O) groups excluding carboxylic acids is 1. The Kier molecular flexibility index (Phi) is 4.95. The maximum atomic E-state index is 11.5. The highest BCUT2D eigenvalue weighted by molar-refractivity contribution is 5.95. The fraction of sp³-hybridized carbons (Fsp3) is 0.0800. The molecule has 0 aliphatic rings. The van der Waals surface area contributed by atoms with Gasteiger partial charge >= 0.3 is 0 Å². The van der Waals surface area contributed by atoms with Gasteiger partial charge in [-0.2, -0.15) is 0 Å². The van der Waals surface area contributed by atoms with E-state index in [-0.39, 0.29) is 12.3 Å². The molecule has 0 atom stereocenters. The van der Waals surface area contributed by atoms with Crippen LogP contribution in [-0.4, -0.2) is 10.5 Å². The Labute approximate surface area is 164 Å². The number of primary amides is 1. The molecule has 0 unspecified atom stereocenters. The summed E-state index contributed by atoms with van der Waals surface area (Å²) in [5, 5.41) is 1.08. The van der Waals surface area contributed by atoms with Gasteiger partial charge in [-0.05, 0) is 23.8 Å². The van der Waals surface area contributed by atoms with E-state index in [0.29, 0.717) is 6.54 Å². The average molecular weight is 364 g/mol. The first-order valence-electron chi connectivity index (χ1n) is 9.26. The van der Waals surface area contributed by atoms with Gasteiger partial charge in [-0.1, -0.05) is 78.6 Å². The van der Waals surface area contributed by atoms with Crippen molar-refractivity contribution in [3.63, 3.8) is 0 Å². The Morgan fingerprint density at radius 2 is 1.46 bits per heavy atom. The second-order valence-electron chi connectivity index (χ2n) is 6.59. The Morgan fingerprint density at radius 1 is 0.821 bits per heavy atom. The van der Waals surface area contributed by atoms with Crippen molar-refractivity contribution in [2.24, 2.45) is 5.73 Å². The molecule has 1 aromatic heterocycles. The van der Waals surface area contributed by atoms with E-state index in [9.17, 15) is 4.79 Å². The zero-order chi connectivity index (χ0) is 19.3. The molecule has 0 bridgehead atoms. The smallest absolute Gasteiger partial charge is 0.219 e. The van der Waals surface area contributed by atoms with E-state index in [1.54, 1.807) is 0 Å². The number of aromatic nitrogens is 1. The molecule has 136 valence electrons. The maximum Gasteiger partial charge on any atom is 0.219 e. The van der Waals surface area contributed by atoms with Crippen LogP contribution >= 0.6 is 0 Å². The van der Waals surface area contributed by atoms with Crippen LogP contribution in [0.3, 0.4) is 0 Å². The summed E-state index contributed by atoms with van der Waals surface area (Å²) >= 11 is 0. The third-order valence-electron chi connectivity index (χ3n) is 4.71. The van der Waals surface area contributed by atoms with E-state index in [0.717, 1.165) is 33.3 Å². The third-order valence-corrected chi connectivity index (χ3v) is 4.71. The van der Waals surface area contributed by atoms with Crippen LogP contribution in [0, 0.1) is 11.8 Å². The van der Waals surface area contributed by atoms with E-state index < -0.39 is 0 Å². The molecule has 1 heterocycles. The molecule has 0 saturated heterocycles.